The van der Waals surface area contributed by atoms with Crippen LogP contribution in [-0.2, 0) is 17.9 Å². The number of halogens is 1. The predicted molar refractivity (Wildman–Crippen MR) is 120 cm³/mol. The Bertz CT molecular complexity index is 1180. The van der Waals surface area contributed by atoms with E-state index in [2.05, 4.69) is 29.6 Å². The molecule has 0 unspecified atom stereocenters. The minimum Gasteiger partial charge on any atom is -0.354 e. The maximum absolute atomic E-state index is 12.5. The lowest BCUT2D eigenvalue weighted by Gasteiger charge is -2.59. The first-order valence-corrected chi connectivity index (χ1v) is 11.4. The fraction of sp³-hybridized carbons (Fsp3) is 0.435. The zero-order chi connectivity index (χ0) is 21.9. The van der Waals surface area contributed by atoms with Crippen LogP contribution in [0.3, 0.4) is 0 Å². The summed E-state index contributed by atoms with van der Waals surface area (Å²) < 4.78 is 2.17. The maximum Gasteiger partial charge on any atom is 0.222 e. The number of amides is 1. The number of benzene rings is 1. The van der Waals surface area contributed by atoms with E-state index in [4.69, 9.17) is 11.6 Å². The molecule has 2 fully saturated rings. The van der Waals surface area contributed by atoms with Crippen molar-refractivity contribution in [3.63, 3.8) is 0 Å². The lowest BCUT2D eigenvalue weighted by molar-refractivity contribution is -0.132. The highest BCUT2D eigenvalue weighted by Crippen LogP contribution is 2.56. The largest absolute Gasteiger partial charge is 0.354 e. The molecule has 164 valence electrons. The summed E-state index contributed by atoms with van der Waals surface area (Å²) in [5, 5.41) is 9.80. The normalized spacial score (nSPS) is 19.1. The van der Waals surface area contributed by atoms with Crippen molar-refractivity contribution in [2.24, 2.45) is 5.41 Å². The summed E-state index contributed by atoms with van der Waals surface area (Å²) in [6, 6.07) is 5.89. The first-order valence-electron chi connectivity index (χ1n) is 11.1. The molecule has 2 aliphatic heterocycles. The molecule has 32 heavy (non-hydrogen) atoms. The maximum atomic E-state index is 12.5. The summed E-state index contributed by atoms with van der Waals surface area (Å²) in [5.41, 5.74) is 2.39. The Morgan fingerprint density at radius 1 is 1.19 bits per heavy atom. The van der Waals surface area contributed by atoms with Gasteiger partial charge in [-0.1, -0.05) is 18.5 Å². The van der Waals surface area contributed by atoms with Crippen molar-refractivity contribution in [2.45, 2.75) is 45.2 Å². The van der Waals surface area contributed by atoms with Crippen LogP contribution in [0.15, 0.2) is 36.8 Å². The number of fused-ring (bicyclic) bond motifs is 3. The Labute approximate surface area is 191 Å². The second-order valence-electron chi connectivity index (χ2n) is 9.21. The van der Waals surface area contributed by atoms with Crippen molar-refractivity contribution < 1.29 is 4.79 Å². The van der Waals surface area contributed by atoms with Gasteiger partial charge in [0.15, 0.2) is 5.82 Å². The number of anilines is 1. The van der Waals surface area contributed by atoms with Crippen LogP contribution >= 0.6 is 11.6 Å². The summed E-state index contributed by atoms with van der Waals surface area (Å²) in [4.78, 5) is 25.3. The topological polar surface area (TPSA) is 80.0 Å². The highest BCUT2D eigenvalue weighted by molar-refractivity contribution is 6.30. The van der Waals surface area contributed by atoms with Crippen molar-refractivity contribution >= 4 is 23.3 Å². The third-order valence-corrected chi connectivity index (χ3v) is 7.27. The van der Waals surface area contributed by atoms with Gasteiger partial charge in [-0.3, -0.25) is 14.3 Å². The molecule has 0 atom stereocenters. The highest BCUT2D eigenvalue weighted by atomic mass is 35.5. The molecule has 3 aromatic rings. The van der Waals surface area contributed by atoms with Gasteiger partial charge in [0.05, 0.1) is 18.4 Å². The number of nitrogens with zero attached hydrogens (tertiary/aromatic N) is 7. The van der Waals surface area contributed by atoms with Crippen molar-refractivity contribution in [3.8, 4) is 5.69 Å². The van der Waals surface area contributed by atoms with Crippen LogP contribution in [0.2, 0.25) is 5.02 Å². The van der Waals surface area contributed by atoms with Crippen molar-refractivity contribution in [3.05, 3.63) is 59.0 Å². The third kappa shape index (κ3) is 3.08. The van der Waals surface area contributed by atoms with Crippen LogP contribution in [0.5, 0.6) is 0 Å². The number of carbonyl (C=O) groups is 1. The molecule has 6 rings (SSSR count). The second kappa shape index (κ2) is 7.27. The monoisotopic (exact) mass is 449 g/mol. The van der Waals surface area contributed by atoms with Crippen LogP contribution in [0.1, 0.15) is 49.3 Å². The minimum absolute atomic E-state index is 0.107. The van der Waals surface area contributed by atoms with E-state index in [9.17, 15) is 4.79 Å². The van der Waals surface area contributed by atoms with Gasteiger partial charge in [-0.15, -0.1) is 10.2 Å². The molecule has 1 amide bonds. The molecule has 1 saturated carbocycles. The third-order valence-electron chi connectivity index (χ3n) is 7.04. The van der Waals surface area contributed by atoms with Crippen LogP contribution < -0.4 is 4.90 Å². The van der Waals surface area contributed by atoms with E-state index in [0.29, 0.717) is 35.9 Å². The smallest absolute Gasteiger partial charge is 0.222 e. The van der Waals surface area contributed by atoms with Gasteiger partial charge in [-0.2, -0.15) is 0 Å². The summed E-state index contributed by atoms with van der Waals surface area (Å²) in [6.45, 7) is 4.90. The first kappa shape index (κ1) is 19.7. The molecule has 4 heterocycles. The molecule has 1 saturated heterocycles. The molecule has 3 aliphatic rings. The van der Waals surface area contributed by atoms with Gasteiger partial charge in [0.2, 0.25) is 5.91 Å². The molecule has 1 aromatic carbocycles. The van der Waals surface area contributed by atoms with Gasteiger partial charge in [0, 0.05) is 54.8 Å². The van der Waals surface area contributed by atoms with E-state index in [1.807, 2.05) is 36.2 Å². The van der Waals surface area contributed by atoms with Gasteiger partial charge in [0.1, 0.15) is 11.6 Å². The number of aromatic nitrogens is 5. The highest BCUT2D eigenvalue weighted by Gasteiger charge is 2.54. The fourth-order valence-electron chi connectivity index (χ4n) is 5.50. The fourth-order valence-corrected chi connectivity index (χ4v) is 5.69. The Kier molecular flexibility index (Phi) is 4.47. The van der Waals surface area contributed by atoms with Gasteiger partial charge in [-0.05, 0) is 36.6 Å². The van der Waals surface area contributed by atoms with Gasteiger partial charge < -0.3 is 9.80 Å². The summed E-state index contributed by atoms with van der Waals surface area (Å²) >= 11 is 6.30. The van der Waals surface area contributed by atoms with Crippen molar-refractivity contribution in [2.75, 3.05) is 18.0 Å². The molecule has 1 spiro atoms. The number of hydrogen-bond acceptors (Lipinski definition) is 6. The Hall–Kier alpha value is -3.00. The lowest BCUT2D eigenvalue weighted by Crippen LogP contribution is -2.62. The summed E-state index contributed by atoms with van der Waals surface area (Å²) in [5.74, 6) is 3.23. The van der Waals surface area contributed by atoms with E-state index in [1.165, 1.54) is 0 Å². The molecular weight excluding hydrogens is 426 g/mol. The second-order valence-corrected chi connectivity index (χ2v) is 9.65. The zero-order valence-electron chi connectivity index (χ0n) is 17.9. The van der Waals surface area contributed by atoms with E-state index in [0.717, 1.165) is 54.6 Å². The molecule has 0 bridgehead atoms. The van der Waals surface area contributed by atoms with Crippen LogP contribution in [0.25, 0.3) is 5.69 Å². The standard InChI is InChI=1S/C23H24ClN7O/c1-2-21(32)29-11-15-7-17(24)3-4-18(15)31-20(12-29)27-28-22(31)16-8-23(9-16)13-30(14-23)19-10-25-5-6-26-19/h3-7,10,16H,2,8-9,11-14H2,1H3. The quantitative estimate of drug-likeness (QED) is 0.610. The molecule has 2 aromatic heterocycles. The molecular formula is C23H24ClN7O. The molecule has 1 aliphatic carbocycles. The van der Waals surface area contributed by atoms with Gasteiger partial charge in [0.25, 0.3) is 0 Å². The van der Waals surface area contributed by atoms with Crippen LogP contribution in [-0.4, -0.2) is 48.6 Å². The van der Waals surface area contributed by atoms with Crippen LogP contribution in [0, 0.1) is 5.41 Å². The SMILES string of the molecule is CCC(=O)N1Cc2cc(Cl)ccc2-n2c(nnc2C2CC3(C2)CN(c2cnccn2)C3)C1. The average Bonchev–Trinajstić information content (AvgIpc) is 3.07. The van der Waals surface area contributed by atoms with Crippen LogP contribution in [0.4, 0.5) is 5.82 Å². The van der Waals surface area contributed by atoms with Gasteiger partial charge in [-0.25, -0.2) is 4.98 Å². The molecule has 9 heteroatoms. The summed E-state index contributed by atoms with van der Waals surface area (Å²) in [6.07, 6.45) is 7.91. The van der Waals surface area contributed by atoms with E-state index < -0.39 is 0 Å². The van der Waals surface area contributed by atoms with Crippen molar-refractivity contribution in [1.82, 2.24) is 29.6 Å². The predicted octanol–water partition coefficient (Wildman–Crippen LogP) is 3.35. The summed E-state index contributed by atoms with van der Waals surface area (Å²) in [7, 11) is 0. The van der Waals surface area contributed by atoms with Crippen molar-refractivity contribution in [1.29, 1.82) is 0 Å². The van der Waals surface area contributed by atoms with Gasteiger partial charge >= 0.3 is 0 Å². The van der Waals surface area contributed by atoms with E-state index >= 15 is 0 Å². The minimum atomic E-state index is 0.107. The first-order chi connectivity index (χ1) is 15.5. The Balaban J connectivity index is 1.27. The molecule has 0 radical (unpaired) electrons. The average molecular weight is 450 g/mol. The number of carbonyl (C=O) groups excluding carboxylic acids is 1. The Morgan fingerprint density at radius 3 is 2.78 bits per heavy atom. The van der Waals surface area contributed by atoms with E-state index in [1.54, 1.807) is 12.4 Å². The lowest BCUT2D eigenvalue weighted by atomic mass is 9.57. The number of rotatable bonds is 3. The Morgan fingerprint density at radius 2 is 2.03 bits per heavy atom. The van der Waals surface area contributed by atoms with E-state index in [-0.39, 0.29) is 5.91 Å². The molecule has 0 N–H and O–H groups in total. The molecule has 8 nitrogen and oxygen atoms in total. The number of hydrogen-bond donors (Lipinski definition) is 0. The zero-order valence-corrected chi connectivity index (χ0v) is 18.7.